The highest BCUT2D eigenvalue weighted by Crippen LogP contribution is 2.05. The van der Waals surface area contributed by atoms with Crippen LogP contribution in [0.2, 0.25) is 0 Å². The van der Waals surface area contributed by atoms with Crippen molar-refractivity contribution in [2.75, 3.05) is 24.1 Å². The highest BCUT2D eigenvalue weighted by molar-refractivity contribution is 5.75. The van der Waals surface area contributed by atoms with Crippen molar-refractivity contribution >= 4 is 17.4 Å². The number of pyridine rings is 1. The van der Waals surface area contributed by atoms with E-state index in [9.17, 15) is 4.79 Å². The lowest BCUT2D eigenvalue weighted by Crippen LogP contribution is -2.24. The molecule has 0 atom stereocenters. The van der Waals surface area contributed by atoms with Gasteiger partial charge in [-0.1, -0.05) is 6.92 Å². The highest BCUT2D eigenvalue weighted by Gasteiger charge is 1.97. The van der Waals surface area contributed by atoms with Crippen molar-refractivity contribution in [1.29, 1.82) is 0 Å². The normalized spacial score (nSPS) is 10.1. The standard InChI is InChI=1S/C13H22N4O/c1-2-5-13(18)16-9-4-3-8-15-12-7-6-11(14)10-17-12/h6-7,10H,2-5,8-9,14H2,1H3,(H,15,17)(H,16,18). The summed E-state index contributed by atoms with van der Waals surface area (Å²) in [5.74, 6) is 0.977. The van der Waals surface area contributed by atoms with E-state index in [1.807, 2.05) is 19.1 Å². The predicted molar refractivity (Wildman–Crippen MR) is 74.3 cm³/mol. The van der Waals surface area contributed by atoms with Gasteiger partial charge in [0.05, 0.1) is 11.9 Å². The van der Waals surface area contributed by atoms with Crippen molar-refractivity contribution < 1.29 is 4.79 Å². The lowest BCUT2D eigenvalue weighted by molar-refractivity contribution is -0.121. The molecule has 0 bridgehead atoms. The minimum atomic E-state index is 0.144. The molecule has 0 aliphatic heterocycles. The molecule has 0 radical (unpaired) electrons. The fourth-order valence-electron chi connectivity index (χ4n) is 1.52. The van der Waals surface area contributed by atoms with Gasteiger partial charge in [0.15, 0.2) is 0 Å². The summed E-state index contributed by atoms with van der Waals surface area (Å²) >= 11 is 0. The molecule has 0 aromatic carbocycles. The molecule has 0 aliphatic carbocycles. The van der Waals surface area contributed by atoms with Gasteiger partial charge in [-0.15, -0.1) is 0 Å². The number of anilines is 2. The molecule has 5 nitrogen and oxygen atoms in total. The quantitative estimate of drug-likeness (QED) is 0.614. The summed E-state index contributed by atoms with van der Waals surface area (Å²) in [4.78, 5) is 15.3. The number of rotatable bonds is 8. The third-order valence-corrected chi connectivity index (χ3v) is 2.50. The van der Waals surface area contributed by atoms with Gasteiger partial charge in [0, 0.05) is 19.5 Å². The van der Waals surface area contributed by atoms with Crippen molar-refractivity contribution in [1.82, 2.24) is 10.3 Å². The fourth-order valence-corrected chi connectivity index (χ4v) is 1.52. The zero-order valence-corrected chi connectivity index (χ0v) is 10.9. The van der Waals surface area contributed by atoms with Crippen molar-refractivity contribution in [2.45, 2.75) is 32.6 Å². The van der Waals surface area contributed by atoms with E-state index in [-0.39, 0.29) is 5.91 Å². The molecular formula is C13H22N4O. The maximum atomic E-state index is 11.2. The number of aromatic nitrogens is 1. The van der Waals surface area contributed by atoms with Gasteiger partial charge in [0.2, 0.25) is 5.91 Å². The van der Waals surface area contributed by atoms with Crippen LogP contribution in [0.3, 0.4) is 0 Å². The molecular weight excluding hydrogens is 228 g/mol. The summed E-state index contributed by atoms with van der Waals surface area (Å²) in [6, 6.07) is 3.68. The minimum Gasteiger partial charge on any atom is -0.397 e. The summed E-state index contributed by atoms with van der Waals surface area (Å²) in [7, 11) is 0. The van der Waals surface area contributed by atoms with Crippen molar-refractivity contribution in [3.63, 3.8) is 0 Å². The second-order valence-electron chi connectivity index (χ2n) is 4.21. The molecule has 0 aliphatic rings. The topological polar surface area (TPSA) is 80.0 Å². The first-order valence-corrected chi connectivity index (χ1v) is 6.44. The predicted octanol–water partition coefficient (Wildman–Crippen LogP) is 1.77. The molecule has 1 heterocycles. The maximum absolute atomic E-state index is 11.2. The Labute approximate surface area is 108 Å². The van der Waals surface area contributed by atoms with Gasteiger partial charge in [-0.25, -0.2) is 4.98 Å². The van der Waals surface area contributed by atoms with E-state index in [0.29, 0.717) is 12.1 Å². The molecule has 1 rings (SSSR count). The molecule has 0 saturated heterocycles. The first-order valence-electron chi connectivity index (χ1n) is 6.44. The summed E-state index contributed by atoms with van der Waals surface area (Å²) in [5, 5.41) is 6.10. The average Bonchev–Trinajstić information content (AvgIpc) is 2.36. The number of nitrogens with one attached hydrogen (secondary N) is 2. The Kier molecular flexibility index (Phi) is 6.61. The lowest BCUT2D eigenvalue weighted by atomic mass is 10.3. The van der Waals surface area contributed by atoms with Crippen molar-refractivity contribution in [3.8, 4) is 0 Å². The van der Waals surface area contributed by atoms with Crippen molar-refractivity contribution in [2.24, 2.45) is 0 Å². The van der Waals surface area contributed by atoms with Crippen molar-refractivity contribution in [3.05, 3.63) is 18.3 Å². The van der Waals surface area contributed by atoms with Gasteiger partial charge in [0.25, 0.3) is 0 Å². The summed E-state index contributed by atoms with van der Waals surface area (Å²) in [6.45, 7) is 3.60. The van der Waals surface area contributed by atoms with Crippen LogP contribution in [-0.2, 0) is 4.79 Å². The number of amides is 1. The average molecular weight is 250 g/mol. The van der Waals surface area contributed by atoms with Crippen LogP contribution in [0.25, 0.3) is 0 Å². The number of carbonyl (C=O) groups excluding carboxylic acids is 1. The molecule has 4 N–H and O–H groups in total. The number of carbonyl (C=O) groups is 1. The van der Waals surface area contributed by atoms with E-state index < -0.39 is 0 Å². The van der Waals surface area contributed by atoms with Gasteiger partial charge >= 0.3 is 0 Å². The van der Waals surface area contributed by atoms with Crippen LogP contribution in [0.15, 0.2) is 18.3 Å². The summed E-state index contributed by atoms with van der Waals surface area (Å²) < 4.78 is 0. The zero-order chi connectivity index (χ0) is 13.2. The van der Waals surface area contributed by atoms with Crippen LogP contribution in [0.1, 0.15) is 32.6 Å². The van der Waals surface area contributed by atoms with E-state index >= 15 is 0 Å². The Hall–Kier alpha value is -1.78. The van der Waals surface area contributed by atoms with Crippen LogP contribution in [-0.4, -0.2) is 24.0 Å². The molecule has 0 unspecified atom stereocenters. The monoisotopic (exact) mass is 250 g/mol. The van der Waals surface area contributed by atoms with Crippen LogP contribution in [0.5, 0.6) is 0 Å². The molecule has 0 saturated carbocycles. The van der Waals surface area contributed by atoms with Gasteiger partial charge in [-0.05, 0) is 31.4 Å². The highest BCUT2D eigenvalue weighted by atomic mass is 16.1. The Balaban J connectivity index is 2.02. The third kappa shape index (κ3) is 6.08. The molecule has 5 heteroatoms. The Morgan fingerprint density at radius 3 is 2.78 bits per heavy atom. The van der Waals surface area contributed by atoms with Crippen LogP contribution in [0.4, 0.5) is 11.5 Å². The van der Waals surface area contributed by atoms with E-state index in [1.54, 1.807) is 6.20 Å². The van der Waals surface area contributed by atoms with Gasteiger partial charge in [-0.3, -0.25) is 4.79 Å². The molecule has 18 heavy (non-hydrogen) atoms. The largest absolute Gasteiger partial charge is 0.397 e. The fraction of sp³-hybridized carbons (Fsp3) is 0.538. The smallest absolute Gasteiger partial charge is 0.219 e. The number of nitrogen functional groups attached to an aromatic ring is 1. The number of hydrogen-bond acceptors (Lipinski definition) is 4. The maximum Gasteiger partial charge on any atom is 0.219 e. The first-order chi connectivity index (χ1) is 8.72. The third-order valence-electron chi connectivity index (χ3n) is 2.50. The first kappa shape index (κ1) is 14.3. The number of nitrogens with two attached hydrogens (primary N) is 1. The van der Waals surface area contributed by atoms with Gasteiger partial charge in [-0.2, -0.15) is 0 Å². The second-order valence-corrected chi connectivity index (χ2v) is 4.21. The summed E-state index contributed by atoms with van der Waals surface area (Å²) in [5.41, 5.74) is 6.21. The van der Waals surface area contributed by atoms with Gasteiger partial charge < -0.3 is 16.4 Å². The van der Waals surface area contributed by atoms with Gasteiger partial charge in [0.1, 0.15) is 5.82 Å². The number of hydrogen-bond donors (Lipinski definition) is 3. The number of nitrogens with zero attached hydrogens (tertiary/aromatic N) is 1. The Morgan fingerprint density at radius 1 is 1.33 bits per heavy atom. The molecule has 1 aromatic rings. The Bertz CT molecular complexity index is 351. The zero-order valence-electron chi connectivity index (χ0n) is 10.9. The lowest BCUT2D eigenvalue weighted by Gasteiger charge is -2.06. The minimum absolute atomic E-state index is 0.144. The second kappa shape index (κ2) is 8.33. The van der Waals surface area contributed by atoms with E-state index in [1.165, 1.54) is 0 Å². The van der Waals surface area contributed by atoms with E-state index in [2.05, 4.69) is 15.6 Å². The van der Waals surface area contributed by atoms with Crippen LogP contribution < -0.4 is 16.4 Å². The molecule has 0 spiro atoms. The van der Waals surface area contributed by atoms with E-state index in [0.717, 1.165) is 38.2 Å². The Morgan fingerprint density at radius 2 is 2.11 bits per heavy atom. The molecule has 1 aromatic heterocycles. The van der Waals surface area contributed by atoms with Crippen LogP contribution in [0, 0.1) is 0 Å². The van der Waals surface area contributed by atoms with E-state index in [4.69, 9.17) is 5.73 Å². The molecule has 0 fully saturated rings. The summed E-state index contributed by atoms with van der Waals surface area (Å²) in [6.07, 6.45) is 5.12. The SMILES string of the molecule is CCCC(=O)NCCCCNc1ccc(N)cn1. The molecule has 1 amide bonds. The van der Waals surface area contributed by atoms with Crippen LogP contribution >= 0.6 is 0 Å². The molecule has 100 valence electrons. The number of unbranched alkanes of at least 4 members (excludes halogenated alkanes) is 1.